The molecule has 126 valence electrons. The Morgan fingerprint density at radius 2 is 1.46 bits per heavy atom. The van der Waals surface area contributed by atoms with Crippen LogP contribution in [0.15, 0.2) is 70.0 Å². The van der Waals surface area contributed by atoms with Gasteiger partial charge in [-0.3, -0.25) is 0 Å². The van der Waals surface area contributed by atoms with Crippen molar-refractivity contribution in [2.24, 2.45) is 0 Å². The summed E-state index contributed by atoms with van der Waals surface area (Å²) in [4.78, 5) is 0. The van der Waals surface area contributed by atoms with Crippen LogP contribution in [0.25, 0.3) is 11.1 Å². The Morgan fingerprint density at radius 3 is 1.92 bits per heavy atom. The van der Waals surface area contributed by atoms with Gasteiger partial charge in [-0.2, -0.15) is 0 Å². The summed E-state index contributed by atoms with van der Waals surface area (Å²) in [5, 5.41) is 0. The van der Waals surface area contributed by atoms with Gasteiger partial charge >= 0.3 is 139 Å². The van der Waals surface area contributed by atoms with Crippen molar-refractivity contribution in [1.29, 1.82) is 0 Å². The summed E-state index contributed by atoms with van der Waals surface area (Å²) >= 11 is -3.57. The van der Waals surface area contributed by atoms with E-state index in [9.17, 15) is 0 Å². The van der Waals surface area contributed by atoms with E-state index in [1.54, 1.807) is 0 Å². The third-order valence-corrected chi connectivity index (χ3v) is 23.3. The molecule has 2 aliphatic rings. The van der Waals surface area contributed by atoms with Gasteiger partial charge in [0.15, 0.2) is 0 Å². The second-order valence-electron chi connectivity index (χ2n) is 6.88. The average Bonchev–Trinajstić information content (AvgIpc) is 3.14. The first-order valence-electron chi connectivity index (χ1n) is 7.78. The third kappa shape index (κ3) is 2.95. The molecule has 2 aliphatic carbocycles. The van der Waals surface area contributed by atoms with Gasteiger partial charge in [0, 0.05) is 0 Å². The fourth-order valence-corrected chi connectivity index (χ4v) is 19.5. The maximum absolute atomic E-state index is 7.57. The Hall–Kier alpha value is -0.110. The molecule has 0 N–H and O–H groups in total. The van der Waals surface area contributed by atoms with E-state index in [0.717, 1.165) is 6.42 Å². The Bertz CT molecular complexity index is 863. The van der Waals surface area contributed by atoms with Crippen molar-refractivity contribution >= 4 is 40.2 Å². The molecule has 2 aromatic rings. The average molecular weight is 475 g/mol. The topological polar surface area (TPSA) is 0 Å². The van der Waals surface area contributed by atoms with Crippen LogP contribution in [-0.2, 0) is 16.2 Å². The van der Waals surface area contributed by atoms with E-state index in [-0.39, 0.29) is 24.8 Å². The standard InChI is InChI=1S/C13H9.C5H5.CH3.3ClH.H2Si.Zr/c1-3-7-12-10(5-1)9-11-6-2-4-8-13(11)12;1-2-4-5-3-1;;;;;;/h1-9H;1-3H,4H2;1H3;3*1H;1H2;/q;;;;;;;+1/p-1. The predicted molar refractivity (Wildman–Crippen MR) is 110 cm³/mol. The molecule has 0 heterocycles. The van der Waals surface area contributed by atoms with Crippen molar-refractivity contribution < 1.29 is 16.2 Å². The van der Waals surface area contributed by atoms with E-state index in [1.807, 2.05) is 0 Å². The van der Waals surface area contributed by atoms with Gasteiger partial charge in [-0.15, -0.1) is 24.8 Å². The molecule has 0 saturated heterocycles. The van der Waals surface area contributed by atoms with Crippen LogP contribution in [0.2, 0.25) is 4.63 Å². The van der Waals surface area contributed by atoms with Crippen LogP contribution in [0, 0.1) is 0 Å². The fourth-order valence-electron chi connectivity index (χ4n) is 4.09. The Balaban J connectivity index is 0.00000104. The van der Waals surface area contributed by atoms with Crippen molar-refractivity contribution in [1.82, 2.24) is 0 Å². The molecule has 0 saturated carbocycles. The van der Waals surface area contributed by atoms with E-state index >= 15 is 0 Å². The van der Waals surface area contributed by atoms with Gasteiger partial charge in [0.2, 0.25) is 0 Å². The second kappa shape index (κ2) is 6.89. The van der Waals surface area contributed by atoms with Crippen LogP contribution in [0.4, 0.5) is 0 Å². The molecule has 0 amide bonds. The first-order chi connectivity index (χ1) is 10.5. The normalized spacial score (nSPS) is 15.9. The molecular weight excluding hydrogens is 454 g/mol. The van der Waals surface area contributed by atoms with Crippen LogP contribution in [0.3, 0.4) is 0 Å². The summed E-state index contributed by atoms with van der Waals surface area (Å²) in [7, 11) is 7.57. The number of hydrogen-bond donors (Lipinski definition) is 0. The molecule has 24 heavy (non-hydrogen) atoms. The van der Waals surface area contributed by atoms with Gasteiger partial charge in [-0.1, -0.05) is 0 Å². The molecule has 0 spiro atoms. The molecule has 0 fully saturated rings. The minimum absolute atomic E-state index is 0. The first-order valence-corrected chi connectivity index (χ1v) is 22.0. The van der Waals surface area contributed by atoms with Gasteiger partial charge < -0.3 is 0 Å². The van der Waals surface area contributed by atoms with E-state index in [1.165, 1.54) is 25.5 Å². The molecule has 0 bridgehead atoms. The Morgan fingerprint density at radius 1 is 0.958 bits per heavy atom. The second-order valence-corrected chi connectivity index (χ2v) is 39.1. The Kier molecular flexibility index (Phi) is 5.80. The van der Waals surface area contributed by atoms with Crippen molar-refractivity contribution in [3.8, 4) is 11.1 Å². The predicted octanol–water partition coefficient (Wildman–Crippen LogP) is 5.88. The quantitative estimate of drug-likeness (QED) is 0.476. The molecule has 0 aromatic heterocycles. The molecule has 0 aliphatic heterocycles. The fraction of sp³-hybridized carbons (Fsp3) is 0.158. The molecule has 4 rings (SSSR count). The number of hydrogen-bond acceptors (Lipinski definition) is 0. The van der Waals surface area contributed by atoms with E-state index in [0.29, 0.717) is 3.63 Å². The number of benzene rings is 2. The van der Waals surface area contributed by atoms with Crippen molar-refractivity contribution in [2.75, 3.05) is 0 Å². The van der Waals surface area contributed by atoms with Crippen LogP contribution in [0.1, 0.15) is 21.2 Å². The molecule has 0 atom stereocenters. The van der Waals surface area contributed by atoms with Gasteiger partial charge in [0.05, 0.1) is 0 Å². The summed E-state index contributed by atoms with van der Waals surface area (Å²) < 4.78 is 4.31. The van der Waals surface area contributed by atoms with Gasteiger partial charge in [-0.25, -0.2) is 0 Å². The van der Waals surface area contributed by atoms with Crippen molar-refractivity contribution in [3.63, 3.8) is 0 Å². The monoisotopic (exact) mass is 472 g/mol. The van der Waals surface area contributed by atoms with Gasteiger partial charge in [0.25, 0.3) is 0 Å². The van der Waals surface area contributed by atoms with Gasteiger partial charge in [-0.05, 0) is 0 Å². The molecular formula is C19H21Cl3SiZr. The maximum atomic E-state index is 7.57. The zero-order chi connectivity index (χ0) is 15.4. The van der Waals surface area contributed by atoms with Crippen molar-refractivity contribution in [3.05, 3.63) is 81.2 Å². The zero-order valence-corrected chi connectivity index (χ0v) is 19.8. The number of rotatable bonds is 2. The van der Waals surface area contributed by atoms with Crippen LogP contribution < -0.4 is 0 Å². The first kappa shape index (κ1) is 20.2. The minimum atomic E-state index is -3.57. The van der Waals surface area contributed by atoms with Gasteiger partial charge in [0.1, 0.15) is 0 Å². The van der Waals surface area contributed by atoms with E-state index in [4.69, 9.17) is 8.51 Å². The zero-order valence-electron chi connectivity index (χ0n) is 13.5. The van der Waals surface area contributed by atoms with Crippen LogP contribution >= 0.6 is 33.3 Å². The number of fused-ring (bicyclic) bond motifs is 3. The SMILES string of the molecule is Cl.Cl.[CH3][Zr](=[SiH2])([Cl])([C]1=CC=CC1)[CH]1c2ccccc2-c2ccccc21. The third-order valence-electron chi connectivity index (χ3n) is 5.21. The molecule has 5 heteroatoms. The van der Waals surface area contributed by atoms with Crippen molar-refractivity contribution in [2.45, 2.75) is 14.7 Å². The number of allylic oxidation sites excluding steroid dienone is 4. The van der Waals surface area contributed by atoms with E-state index < -0.39 is 16.2 Å². The summed E-state index contributed by atoms with van der Waals surface area (Å²) in [5.74, 6) is 0. The van der Waals surface area contributed by atoms with Crippen LogP contribution in [0.5, 0.6) is 0 Å². The molecule has 2 aromatic carbocycles. The molecule has 0 nitrogen and oxygen atoms in total. The number of halogens is 3. The molecule has 0 radical (unpaired) electrons. The summed E-state index contributed by atoms with van der Waals surface area (Å²) in [5.41, 5.74) is 5.64. The summed E-state index contributed by atoms with van der Waals surface area (Å²) in [6.45, 7) is 2.13. The van der Waals surface area contributed by atoms with Crippen LogP contribution in [-0.4, -0.2) is 6.88 Å². The van der Waals surface area contributed by atoms with E-state index in [2.05, 4.69) is 78.3 Å². The molecule has 0 unspecified atom stereocenters. The summed E-state index contributed by atoms with van der Waals surface area (Å²) in [6, 6.07) is 17.7. The Labute approximate surface area is 162 Å². The summed E-state index contributed by atoms with van der Waals surface area (Å²) in [6.07, 6.45) is 7.75.